The molecule has 0 unspecified atom stereocenters. The van der Waals surface area contributed by atoms with Crippen molar-refractivity contribution < 1.29 is 4.79 Å². The van der Waals surface area contributed by atoms with Crippen LogP contribution in [-0.4, -0.2) is 10.9 Å². The van der Waals surface area contributed by atoms with Crippen LogP contribution in [0.15, 0.2) is 0 Å². The third-order valence-corrected chi connectivity index (χ3v) is 2.94. The first kappa shape index (κ1) is 14.1. The molecule has 1 rings (SSSR count). The Balaban J connectivity index is 0.000000583. The van der Waals surface area contributed by atoms with Gasteiger partial charge in [-0.05, 0) is 12.8 Å². The molecule has 2 N–H and O–H groups in total. The molecule has 4 heteroatoms. The molecule has 0 bridgehead atoms. The molecule has 0 aliphatic heterocycles. The van der Waals surface area contributed by atoms with Gasteiger partial charge in [0.1, 0.15) is 5.69 Å². The van der Waals surface area contributed by atoms with E-state index in [1.807, 2.05) is 13.8 Å². The average molecular weight is 228 g/mol. The quantitative estimate of drug-likeness (QED) is 0.864. The van der Waals surface area contributed by atoms with E-state index < -0.39 is 5.91 Å². The van der Waals surface area contributed by atoms with E-state index in [9.17, 15) is 4.79 Å². The Morgan fingerprint density at radius 1 is 1.27 bits per heavy atom. The molecule has 86 valence electrons. The Morgan fingerprint density at radius 2 is 1.80 bits per heavy atom. The molecule has 1 aromatic heterocycles. The van der Waals surface area contributed by atoms with Crippen molar-refractivity contribution in [1.82, 2.24) is 4.98 Å². The molecule has 1 heterocycles. The molecule has 0 aliphatic rings. The second-order valence-corrected chi connectivity index (χ2v) is 4.33. The first-order valence-electron chi connectivity index (χ1n) is 5.38. The van der Waals surface area contributed by atoms with Gasteiger partial charge in [0.2, 0.25) is 0 Å². The molecule has 0 aromatic carbocycles. The van der Waals surface area contributed by atoms with Gasteiger partial charge in [-0.1, -0.05) is 34.1 Å². The number of aromatic nitrogens is 1. The highest BCUT2D eigenvalue weighted by Gasteiger charge is 2.12. The molecule has 0 radical (unpaired) electrons. The number of primary amides is 1. The highest BCUT2D eigenvalue weighted by molar-refractivity contribution is 7.11. The lowest BCUT2D eigenvalue weighted by molar-refractivity contribution is 0.0995. The number of thiazole rings is 1. The average Bonchev–Trinajstić information content (AvgIpc) is 2.62. The van der Waals surface area contributed by atoms with Crippen molar-refractivity contribution >= 4 is 17.2 Å². The molecule has 1 amide bonds. The fourth-order valence-electron chi connectivity index (χ4n) is 0.984. The van der Waals surface area contributed by atoms with Crippen LogP contribution >= 0.6 is 11.3 Å². The number of rotatable bonds is 3. The van der Waals surface area contributed by atoms with Gasteiger partial charge in [-0.2, -0.15) is 0 Å². The van der Waals surface area contributed by atoms with Gasteiger partial charge in [-0.3, -0.25) is 4.79 Å². The molecular weight excluding hydrogens is 208 g/mol. The van der Waals surface area contributed by atoms with Crippen LogP contribution in [0.2, 0.25) is 0 Å². The first-order chi connectivity index (χ1) is 7.10. The summed E-state index contributed by atoms with van der Waals surface area (Å²) in [4.78, 5) is 16.0. The maximum absolute atomic E-state index is 10.9. The zero-order chi connectivity index (χ0) is 11.8. The second-order valence-electron chi connectivity index (χ2n) is 3.16. The molecule has 0 aliphatic carbocycles. The van der Waals surface area contributed by atoms with E-state index in [-0.39, 0.29) is 0 Å². The van der Waals surface area contributed by atoms with Crippen molar-refractivity contribution in [3.05, 3.63) is 15.6 Å². The number of amides is 1. The van der Waals surface area contributed by atoms with Gasteiger partial charge in [0.05, 0.1) is 5.01 Å². The Morgan fingerprint density at radius 3 is 2.07 bits per heavy atom. The van der Waals surface area contributed by atoms with Crippen LogP contribution in [0.4, 0.5) is 0 Å². The summed E-state index contributed by atoms with van der Waals surface area (Å²) in [6, 6.07) is 0. The summed E-state index contributed by atoms with van der Waals surface area (Å²) in [6.07, 6.45) is 2.95. The molecule has 15 heavy (non-hydrogen) atoms. The van der Waals surface area contributed by atoms with Gasteiger partial charge >= 0.3 is 0 Å². The van der Waals surface area contributed by atoms with E-state index >= 15 is 0 Å². The number of nitrogens with two attached hydrogens (primary N) is 1. The van der Waals surface area contributed by atoms with Crippen LogP contribution in [0.1, 0.15) is 54.5 Å². The van der Waals surface area contributed by atoms with Crippen LogP contribution in [0.25, 0.3) is 0 Å². The lowest BCUT2D eigenvalue weighted by atomic mass is 10.3. The Bertz CT molecular complexity index is 308. The van der Waals surface area contributed by atoms with Gasteiger partial charge in [0, 0.05) is 4.88 Å². The smallest absolute Gasteiger partial charge is 0.268 e. The molecule has 0 fully saturated rings. The first-order valence-corrected chi connectivity index (χ1v) is 6.20. The van der Waals surface area contributed by atoms with E-state index in [0.717, 1.165) is 22.7 Å². The molecule has 0 saturated heterocycles. The van der Waals surface area contributed by atoms with Crippen molar-refractivity contribution in [2.45, 2.75) is 47.0 Å². The number of carbonyl (C=O) groups is 1. The minimum Gasteiger partial charge on any atom is -0.364 e. The van der Waals surface area contributed by atoms with E-state index in [2.05, 4.69) is 18.8 Å². The summed E-state index contributed by atoms with van der Waals surface area (Å²) in [7, 11) is 0. The lowest BCUT2D eigenvalue weighted by Crippen LogP contribution is -2.13. The molecule has 0 atom stereocenters. The standard InChI is InChI=1S/C8H12N2OS.C3H8/c1-3-5-7(8(9)11)10-6(4-2)12-5;1-3-2/h3-4H2,1-2H3,(H2,9,11);3H2,1-2H3. The molecule has 0 saturated carbocycles. The third kappa shape index (κ3) is 4.42. The summed E-state index contributed by atoms with van der Waals surface area (Å²) in [5.41, 5.74) is 5.62. The van der Waals surface area contributed by atoms with Crippen molar-refractivity contribution in [1.29, 1.82) is 0 Å². The van der Waals surface area contributed by atoms with Crippen LogP contribution < -0.4 is 5.73 Å². The molecule has 3 nitrogen and oxygen atoms in total. The lowest BCUT2D eigenvalue weighted by Gasteiger charge is -1.90. The van der Waals surface area contributed by atoms with Gasteiger partial charge in [-0.25, -0.2) is 4.98 Å². The van der Waals surface area contributed by atoms with Crippen molar-refractivity contribution in [2.75, 3.05) is 0 Å². The van der Waals surface area contributed by atoms with Gasteiger partial charge in [0.25, 0.3) is 5.91 Å². The highest BCUT2D eigenvalue weighted by Crippen LogP contribution is 2.19. The zero-order valence-corrected chi connectivity index (χ0v) is 10.8. The van der Waals surface area contributed by atoms with Gasteiger partial charge in [-0.15, -0.1) is 11.3 Å². The van der Waals surface area contributed by atoms with Crippen LogP contribution in [0, 0.1) is 0 Å². The minimum absolute atomic E-state index is 0.414. The number of carbonyl (C=O) groups excluding carboxylic acids is 1. The van der Waals surface area contributed by atoms with Gasteiger partial charge < -0.3 is 5.73 Å². The fourth-order valence-corrected chi connectivity index (χ4v) is 1.94. The normalized spacial score (nSPS) is 9.33. The number of hydrogen-bond acceptors (Lipinski definition) is 3. The SMILES string of the molecule is CCC.CCc1nc(C(N)=O)c(CC)s1. The largest absolute Gasteiger partial charge is 0.364 e. The minimum atomic E-state index is -0.414. The number of hydrogen-bond donors (Lipinski definition) is 1. The van der Waals surface area contributed by atoms with E-state index in [1.165, 1.54) is 6.42 Å². The van der Waals surface area contributed by atoms with Crippen molar-refractivity contribution in [2.24, 2.45) is 5.73 Å². The van der Waals surface area contributed by atoms with E-state index in [4.69, 9.17) is 5.73 Å². The summed E-state index contributed by atoms with van der Waals surface area (Å²) in [5.74, 6) is -0.414. The van der Waals surface area contributed by atoms with Gasteiger partial charge in [0.15, 0.2) is 0 Å². The maximum Gasteiger partial charge on any atom is 0.268 e. The summed E-state index contributed by atoms with van der Waals surface area (Å²) >= 11 is 1.58. The fraction of sp³-hybridized carbons (Fsp3) is 0.636. The molecule has 0 spiro atoms. The molecule has 1 aromatic rings. The maximum atomic E-state index is 10.9. The topological polar surface area (TPSA) is 56.0 Å². The Kier molecular flexibility index (Phi) is 6.96. The van der Waals surface area contributed by atoms with Crippen LogP contribution in [0.5, 0.6) is 0 Å². The zero-order valence-electron chi connectivity index (χ0n) is 9.96. The third-order valence-electron chi connectivity index (χ3n) is 1.60. The van der Waals surface area contributed by atoms with Crippen molar-refractivity contribution in [3.8, 4) is 0 Å². The van der Waals surface area contributed by atoms with E-state index in [0.29, 0.717) is 5.69 Å². The second kappa shape index (κ2) is 7.40. The highest BCUT2D eigenvalue weighted by atomic mass is 32.1. The van der Waals surface area contributed by atoms with Crippen molar-refractivity contribution in [3.63, 3.8) is 0 Å². The summed E-state index contributed by atoms with van der Waals surface area (Å²) < 4.78 is 0. The predicted molar refractivity (Wildman–Crippen MR) is 65.4 cm³/mol. The summed E-state index contributed by atoms with van der Waals surface area (Å²) in [5, 5.41) is 0.987. The summed E-state index contributed by atoms with van der Waals surface area (Å²) in [6.45, 7) is 8.27. The van der Waals surface area contributed by atoms with E-state index in [1.54, 1.807) is 11.3 Å². The number of aryl methyl sites for hydroxylation is 2. The van der Waals surface area contributed by atoms with Crippen LogP contribution in [-0.2, 0) is 12.8 Å². The monoisotopic (exact) mass is 228 g/mol. The van der Waals surface area contributed by atoms with Crippen LogP contribution in [0.3, 0.4) is 0 Å². The number of nitrogens with zero attached hydrogens (tertiary/aromatic N) is 1. The Labute approximate surface area is 95.7 Å². The molecular formula is C11H20N2OS. The Hall–Kier alpha value is -0.900. The predicted octanol–water partition coefficient (Wildman–Crippen LogP) is 2.78.